The van der Waals surface area contributed by atoms with Crippen molar-refractivity contribution >= 4 is 11.0 Å². The molecule has 19 heavy (non-hydrogen) atoms. The van der Waals surface area contributed by atoms with Crippen LogP contribution in [0.25, 0.3) is 11.0 Å². The van der Waals surface area contributed by atoms with Crippen molar-refractivity contribution in [1.82, 2.24) is 14.5 Å². The Morgan fingerprint density at radius 2 is 2.32 bits per heavy atom. The maximum Gasteiger partial charge on any atom is 0.326 e. The maximum atomic E-state index is 12.0. The van der Waals surface area contributed by atoms with Crippen LogP contribution in [0.15, 0.2) is 35.1 Å². The molecule has 0 saturated carbocycles. The summed E-state index contributed by atoms with van der Waals surface area (Å²) in [7, 11) is 0. The summed E-state index contributed by atoms with van der Waals surface area (Å²) in [4.78, 5) is 17.4. The highest BCUT2D eigenvalue weighted by Crippen LogP contribution is 2.23. The van der Waals surface area contributed by atoms with E-state index in [1.54, 1.807) is 0 Å². The number of hydrogen-bond donors (Lipinski definition) is 1. The zero-order valence-corrected chi connectivity index (χ0v) is 11.4. The molecule has 1 atom stereocenters. The van der Waals surface area contributed by atoms with Crippen LogP contribution in [-0.2, 0) is 13.1 Å². The first-order chi connectivity index (χ1) is 9.20. The lowest BCUT2D eigenvalue weighted by Gasteiger charge is -2.25. The molecule has 4 heteroatoms. The lowest BCUT2D eigenvalue weighted by molar-refractivity contribution is 0.210. The van der Waals surface area contributed by atoms with Gasteiger partial charge in [0.15, 0.2) is 0 Å². The average molecular weight is 257 g/mol. The lowest BCUT2D eigenvalue weighted by atomic mass is 10.1. The molecule has 1 aromatic carbocycles. The molecule has 0 saturated heterocycles. The van der Waals surface area contributed by atoms with Gasteiger partial charge in [0.2, 0.25) is 0 Å². The summed E-state index contributed by atoms with van der Waals surface area (Å²) in [6.45, 7) is 6.78. The normalized spacial score (nSPS) is 20.2. The number of nitrogens with one attached hydrogen (secondary N) is 1. The number of aromatic amines is 1. The van der Waals surface area contributed by atoms with E-state index in [2.05, 4.69) is 35.0 Å². The molecule has 0 radical (unpaired) electrons. The summed E-state index contributed by atoms with van der Waals surface area (Å²) < 4.78 is 1.88. The number of imidazole rings is 1. The number of nitrogens with zero attached hydrogens (tertiary/aromatic N) is 2. The molecule has 0 bridgehead atoms. The van der Waals surface area contributed by atoms with Crippen LogP contribution in [0.2, 0.25) is 0 Å². The van der Waals surface area contributed by atoms with Gasteiger partial charge in [0.1, 0.15) is 0 Å². The minimum atomic E-state index is 0.00202. The molecule has 0 unspecified atom stereocenters. The number of H-pyrrole nitrogens is 1. The van der Waals surface area contributed by atoms with Crippen LogP contribution in [0, 0.1) is 0 Å². The molecular formula is C15H19N3O. The van der Waals surface area contributed by atoms with E-state index >= 15 is 0 Å². The first kappa shape index (κ1) is 12.2. The number of rotatable bonds is 2. The number of hydrogen-bond acceptors (Lipinski definition) is 2. The first-order valence-corrected chi connectivity index (χ1v) is 6.76. The van der Waals surface area contributed by atoms with Crippen LogP contribution >= 0.6 is 0 Å². The minimum absolute atomic E-state index is 0.00202. The van der Waals surface area contributed by atoms with Crippen molar-refractivity contribution in [1.29, 1.82) is 0 Å². The van der Waals surface area contributed by atoms with Crippen molar-refractivity contribution in [2.45, 2.75) is 33.0 Å². The van der Waals surface area contributed by atoms with E-state index in [0.717, 1.165) is 30.7 Å². The van der Waals surface area contributed by atoms with Gasteiger partial charge >= 0.3 is 5.69 Å². The molecule has 2 aromatic rings. The molecule has 4 nitrogen and oxygen atoms in total. The standard InChI is InChI=1S/C15H19N3O/c1-3-4-8-17-10-12-6-5-7-13-14(12)18(9-11(17)2)15(19)16-13/h3-7,11H,8-10H2,1-2H3,(H,16,19)/b4-3-/t11-/m0/s1. The Morgan fingerprint density at radius 1 is 1.47 bits per heavy atom. The van der Waals surface area contributed by atoms with Crippen LogP contribution < -0.4 is 5.69 Å². The monoisotopic (exact) mass is 257 g/mol. The Balaban J connectivity index is 2.11. The average Bonchev–Trinajstić information content (AvgIpc) is 2.63. The van der Waals surface area contributed by atoms with Crippen LogP contribution in [-0.4, -0.2) is 27.0 Å². The third kappa shape index (κ3) is 2.02. The molecule has 100 valence electrons. The van der Waals surface area contributed by atoms with E-state index in [0.29, 0.717) is 6.04 Å². The molecule has 0 spiro atoms. The molecule has 0 aliphatic carbocycles. The molecule has 3 rings (SSSR count). The van der Waals surface area contributed by atoms with E-state index < -0.39 is 0 Å². The second kappa shape index (κ2) is 4.70. The van der Waals surface area contributed by atoms with Gasteiger partial charge in [0.25, 0.3) is 0 Å². The number of allylic oxidation sites excluding steroid dienone is 1. The van der Waals surface area contributed by atoms with Gasteiger partial charge in [-0.3, -0.25) is 9.47 Å². The summed E-state index contributed by atoms with van der Waals surface area (Å²) in [6, 6.07) is 6.46. The number of benzene rings is 1. The van der Waals surface area contributed by atoms with Crippen LogP contribution in [0.1, 0.15) is 19.4 Å². The van der Waals surface area contributed by atoms with Crippen LogP contribution in [0.5, 0.6) is 0 Å². The van der Waals surface area contributed by atoms with Gasteiger partial charge in [-0.15, -0.1) is 0 Å². The molecule has 1 N–H and O–H groups in total. The lowest BCUT2D eigenvalue weighted by Crippen LogP contribution is -2.35. The van der Waals surface area contributed by atoms with E-state index in [4.69, 9.17) is 0 Å². The highest BCUT2D eigenvalue weighted by atomic mass is 16.1. The highest BCUT2D eigenvalue weighted by Gasteiger charge is 2.22. The Bertz CT molecular complexity index is 680. The Kier molecular flexibility index (Phi) is 3.03. The summed E-state index contributed by atoms with van der Waals surface area (Å²) in [5.74, 6) is 0. The van der Waals surface area contributed by atoms with Gasteiger partial charge < -0.3 is 4.98 Å². The summed E-state index contributed by atoms with van der Waals surface area (Å²) in [6.07, 6.45) is 4.24. The SMILES string of the molecule is C/C=C\CN1Cc2cccc3[nH]c(=O)n(c23)C[C@@H]1C. The summed E-state index contributed by atoms with van der Waals surface area (Å²) in [5.41, 5.74) is 3.25. The predicted octanol–water partition coefficient (Wildman–Crippen LogP) is 2.11. The fourth-order valence-electron chi connectivity index (χ4n) is 2.84. The molecule has 0 fully saturated rings. The zero-order valence-electron chi connectivity index (χ0n) is 11.4. The Morgan fingerprint density at radius 3 is 3.11 bits per heavy atom. The van der Waals surface area contributed by atoms with Crippen molar-refractivity contribution in [3.63, 3.8) is 0 Å². The molecule has 1 aliphatic heterocycles. The topological polar surface area (TPSA) is 41.0 Å². The fourth-order valence-corrected chi connectivity index (χ4v) is 2.84. The van der Waals surface area contributed by atoms with Crippen LogP contribution in [0.3, 0.4) is 0 Å². The number of para-hydroxylation sites is 1. The predicted molar refractivity (Wildman–Crippen MR) is 77.2 cm³/mol. The highest BCUT2D eigenvalue weighted by molar-refractivity contribution is 5.79. The van der Waals surface area contributed by atoms with Crippen molar-refractivity contribution in [3.05, 3.63) is 46.4 Å². The molecule has 1 aliphatic rings. The van der Waals surface area contributed by atoms with E-state index in [9.17, 15) is 4.79 Å². The van der Waals surface area contributed by atoms with Gasteiger partial charge in [-0.05, 0) is 25.5 Å². The zero-order chi connectivity index (χ0) is 13.4. The maximum absolute atomic E-state index is 12.0. The van der Waals surface area contributed by atoms with Gasteiger partial charge in [0.05, 0.1) is 11.0 Å². The van der Waals surface area contributed by atoms with Crippen LogP contribution in [0.4, 0.5) is 0 Å². The first-order valence-electron chi connectivity index (χ1n) is 6.76. The fraction of sp³-hybridized carbons (Fsp3) is 0.400. The van der Waals surface area contributed by atoms with Crippen molar-refractivity contribution in [2.75, 3.05) is 6.54 Å². The van der Waals surface area contributed by atoms with Crippen molar-refractivity contribution in [2.24, 2.45) is 0 Å². The molecule has 1 aromatic heterocycles. The van der Waals surface area contributed by atoms with Gasteiger partial charge in [-0.25, -0.2) is 4.79 Å². The third-order valence-corrected chi connectivity index (χ3v) is 3.90. The smallest absolute Gasteiger partial charge is 0.306 e. The molecular weight excluding hydrogens is 238 g/mol. The molecule has 2 heterocycles. The van der Waals surface area contributed by atoms with Gasteiger partial charge in [-0.2, -0.15) is 0 Å². The Hall–Kier alpha value is -1.81. The molecule has 0 amide bonds. The second-order valence-electron chi connectivity index (χ2n) is 5.20. The quantitative estimate of drug-likeness (QED) is 0.837. The summed E-state index contributed by atoms with van der Waals surface area (Å²) >= 11 is 0. The second-order valence-corrected chi connectivity index (χ2v) is 5.20. The van der Waals surface area contributed by atoms with E-state index in [-0.39, 0.29) is 5.69 Å². The van der Waals surface area contributed by atoms with E-state index in [1.165, 1.54) is 5.56 Å². The Labute approximate surface area is 112 Å². The summed E-state index contributed by atoms with van der Waals surface area (Å²) in [5, 5.41) is 0. The van der Waals surface area contributed by atoms with Gasteiger partial charge in [0, 0.05) is 25.7 Å². The van der Waals surface area contributed by atoms with Crippen molar-refractivity contribution < 1.29 is 0 Å². The minimum Gasteiger partial charge on any atom is -0.306 e. The van der Waals surface area contributed by atoms with Crippen molar-refractivity contribution in [3.8, 4) is 0 Å². The third-order valence-electron chi connectivity index (χ3n) is 3.90. The largest absolute Gasteiger partial charge is 0.326 e. The van der Waals surface area contributed by atoms with Gasteiger partial charge in [-0.1, -0.05) is 24.3 Å². The number of aromatic nitrogens is 2. The van der Waals surface area contributed by atoms with E-state index in [1.807, 2.05) is 23.6 Å².